The molecule has 24 nitrogen and oxygen atoms in total. The number of likely N-dealkylation sites (tertiary alicyclic amines) is 1. The predicted molar refractivity (Wildman–Crippen MR) is 285 cm³/mol. The zero-order chi connectivity index (χ0) is 59.1. The van der Waals surface area contributed by atoms with Crippen molar-refractivity contribution in [3.8, 4) is 0 Å². The molecule has 8 atom stereocenters. The summed E-state index contributed by atoms with van der Waals surface area (Å²) < 4.78 is 73.0. The van der Waals surface area contributed by atoms with Gasteiger partial charge in [0, 0.05) is 80.7 Å². The molecular formula is C55H75F3N14O10. The van der Waals surface area contributed by atoms with Crippen molar-refractivity contribution in [2.24, 2.45) is 23.7 Å². The van der Waals surface area contributed by atoms with Gasteiger partial charge in [0.25, 0.3) is 0 Å². The lowest BCUT2D eigenvalue weighted by molar-refractivity contribution is -0.263. The Hall–Kier alpha value is -7.16. The number of H-pyrrole nitrogens is 1. The number of halogens is 3. The maximum atomic E-state index is 16.2. The largest absolute Gasteiger partial charge is 0.465 e. The number of rotatable bonds is 15. The molecule has 5 aliphatic heterocycles. The van der Waals surface area contributed by atoms with Crippen LogP contribution in [0.4, 0.5) is 32.3 Å². The van der Waals surface area contributed by atoms with Crippen LogP contribution in [0.3, 0.4) is 0 Å². The average molecular weight is 1150 g/mol. The van der Waals surface area contributed by atoms with Crippen LogP contribution in [0, 0.1) is 30.6 Å². The summed E-state index contributed by atoms with van der Waals surface area (Å²) in [4.78, 5) is 85.6. The lowest BCUT2D eigenvalue weighted by Gasteiger charge is -2.52. The van der Waals surface area contributed by atoms with Crippen molar-refractivity contribution in [3.05, 3.63) is 88.4 Å². The van der Waals surface area contributed by atoms with Gasteiger partial charge in [0.2, 0.25) is 5.72 Å². The van der Waals surface area contributed by atoms with Crippen LogP contribution < -0.4 is 0 Å². The van der Waals surface area contributed by atoms with Gasteiger partial charge in [0.15, 0.2) is 5.72 Å². The Morgan fingerprint density at radius 3 is 1.68 bits per heavy atom. The molecule has 10 heterocycles. The minimum Gasteiger partial charge on any atom is -0.465 e. The standard InChI is InChI=1S/C55H75F3N14O10/c1-29(2)44-40-34(59-25-60-40)13-18-69(44)52(79)81-53(39-12-11-17-65(39)10,71-27-62-42-37(71)15-20-67(50(75)76)46(42)31(5)6)23-54(80-24-55(56,57)58,72-28-63-43-38(72)16-21-68(51(77)78)47(43)32(7)8)48(35-22-33(9)82-64-35)70-26-61-41-36(70)14-19-66(49(73)74)45(41)30(3)4/h22,25-32,39,44-48H,11-21,23-24H2,1-10H3,(H,59,60)(H,73,74)(H,75,76)(H,77,78)/t39-,44?,45?,46?,47?,48?,53?,54?/m0/s1. The van der Waals surface area contributed by atoms with Crippen molar-refractivity contribution >= 4 is 24.4 Å². The topological polar surface area (TPSA) is 272 Å². The fourth-order valence-corrected chi connectivity index (χ4v) is 14.3. The number of aryl methyl sites for hydroxylation is 1. The van der Waals surface area contributed by atoms with Gasteiger partial charge in [-0.3, -0.25) is 29.1 Å². The van der Waals surface area contributed by atoms with Gasteiger partial charge in [-0.2, -0.15) is 13.2 Å². The molecule has 1 fully saturated rings. The summed E-state index contributed by atoms with van der Waals surface area (Å²) in [7, 11) is 1.86. The van der Waals surface area contributed by atoms with Gasteiger partial charge in [0.1, 0.15) is 24.1 Å². The molecule has 7 unspecified atom stereocenters. The number of carboxylic acid groups (broad SMARTS) is 3. The van der Waals surface area contributed by atoms with Gasteiger partial charge in [-0.25, -0.2) is 39.1 Å². The first kappa shape index (κ1) is 58.1. The SMILES string of the molecule is Cc1cc(C(n2cnc3c2CCN(C(=O)O)C3C(C)C)C(CC(OC(=O)N2CCc3[nH]cnc3C2C(C)C)([C@@H]2CCCN2C)n2cnc3c2CCN(C(=O)O)C3C(C)C)(OCC(F)(F)F)n2cnc3c2CCN(C(=O)O)C3C(C)C)no1. The number of imidazole rings is 4. The maximum absolute atomic E-state index is 16.2. The third kappa shape index (κ3) is 9.90. The Bertz CT molecular complexity index is 3180. The molecule has 5 aromatic rings. The van der Waals surface area contributed by atoms with Crippen LogP contribution in [0.25, 0.3) is 0 Å². The number of aromatic amines is 1. The van der Waals surface area contributed by atoms with Crippen LogP contribution in [0.2, 0.25) is 0 Å². The number of aromatic nitrogens is 9. The Labute approximate surface area is 472 Å². The maximum Gasteiger partial charge on any atom is 0.412 e. The monoisotopic (exact) mass is 1150 g/mol. The molecule has 0 radical (unpaired) electrons. The molecule has 4 N–H and O–H groups in total. The predicted octanol–water partition coefficient (Wildman–Crippen LogP) is 8.75. The Morgan fingerprint density at radius 2 is 1.18 bits per heavy atom. The minimum atomic E-state index is -5.03. The highest BCUT2D eigenvalue weighted by atomic mass is 19.4. The second kappa shape index (κ2) is 21.9. The molecule has 5 aliphatic rings. The van der Waals surface area contributed by atoms with E-state index in [1.54, 1.807) is 37.9 Å². The molecule has 0 spiro atoms. The second-order valence-corrected chi connectivity index (χ2v) is 24.1. The molecule has 0 saturated carbocycles. The van der Waals surface area contributed by atoms with Crippen molar-refractivity contribution in [1.82, 2.24) is 68.3 Å². The molecule has 4 amide bonds. The number of fused-ring (bicyclic) bond motifs is 4. The zero-order valence-corrected chi connectivity index (χ0v) is 48.0. The molecular weight excluding hydrogens is 1070 g/mol. The van der Waals surface area contributed by atoms with Crippen molar-refractivity contribution in [1.29, 1.82) is 0 Å². The number of amides is 4. The lowest BCUT2D eigenvalue weighted by atomic mass is 9.83. The summed E-state index contributed by atoms with van der Waals surface area (Å²) in [5.74, 6) is -0.964. The first-order valence-electron chi connectivity index (χ1n) is 28.3. The number of hydrogen-bond donors (Lipinski definition) is 4. The van der Waals surface area contributed by atoms with Crippen LogP contribution in [-0.2, 0) is 46.6 Å². The number of ether oxygens (including phenoxy) is 2. The quantitative estimate of drug-likeness (QED) is 0.0763. The van der Waals surface area contributed by atoms with Crippen LogP contribution in [0.5, 0.6) is 0 Å². The Morgan fingerprint density at radius 1 is 0.683 bits per heavy atom. The van der Waals surface area contributed by atoms with E-state index < -0.39 is 91.3 Å². The molecule has 5 aromatic heterocycles. The van der Waals surface area contributed by atoms with Crippen molar-refractivity contribution in [2.75, 3.05) is 46.4 Å². The Kier molecular flexibility index (Phi) is 15.5. The van der Waals surface area contributed by atoms with E-state index in [4.69, 9.17) is 28.9 Å². The van der Waals surface area contributed by atoms with E-state index in [2.05, 4.69) is 15.1 Å². The fourth-order valence-electron chi connectivity index (χ4n) is 14.3. The number of likely N-dealkylation sites (N-methyl/N-ethyl adjacent to an activating group) is 1. The minimum absolute atomic E-state index is 0.00129. The van der Waals surface area contributed by atoms with E-state index in [0.29, 0.717) is 60.0 Å². The molecule has 446 valence electrons. The molecule has 10 rings (SSSR count). The molecule has 0 aromatic carbocycles. The third-order valence-corrected chi connectivity index (χ3v) is 17.6. The highest BCUT2D eigenvalue weighted by Gasteiger charge is 2.62. The van der Waals surface area contributed by atoms with Gasteiger partial charge in [-0.05, 0) is 57.0 Å². The molecule has 1 saturated heterocycles. The summed E-state index contributed by atoms with van der Waals surface area (Å²) in [6.45, 7) is 15.4. The smallest absolute Gasteiger partial charge is 0.412 e. The average Bonchev–Trinajstić information content (AvgIpc) is 1.68. The van der Waals surface area contributed by atoms with Crippen molar-refractivity contribution in [3.63, 3.8) is 0 Å². The number of alkyl halides is 3. The summed E-state index contributed by atoms with van der Waals surface area (Å²) in [6.07, 6.45) is -2.81. The fraction of sp³-hybridized carbons (Fsp3) is 0.655. The lowest BCUT2D eigenvalue weighted by Crippen LogP contribution is -2.62. The van der Waals surface area contributed by atoms with Gasteiger partial charge < -0.3 is 43.4 Å². The normalized spacial score (nSPS) is 23.2. The van der Waals surface area contributed by atoms with E-state index in [1.807, 2.05) is 67.3 Å². The van der Waals surface area contributed by atoms with Crippen LogP contribution in [0.15, 0.2) is 35.9 Å². The van der Waals surface area contributed by atoms with Crippen molar-refractivity contribution in [2.45, 2.75) is 161 Å². The van der Waals surface area contributed by atoms with E-state index in [-0.39, 0.29) is 86.3 Å². The summed E-state index contributed by atoms with van der Waals surface area (Å²) in [6, 6.07) is -3.90. The first-order chi connectivity index (χ1) is 38.8. The van der Waals surface area contributed by atoms with E-state index in [1.165, 1.54) is 33.7 Å². The Balaban J connectivity index is 1.34. The number of nitrogens with zero attached hydrogens (tertiary/aromatic N) is 13. The molecule has 0 bridgehead atoms. The first-order valence-corrected chi connectivity index (χ1v) is 28.3. The van der Waals surface area contributed by atoms with Crippen LogP contribution >= 0.6 is 0 Å². The van der Waals surface area contributed by atoms with Crippen LogP contribution in [0.1, 0.15) is 162 Å². The highest BCUT2D eigenvalue weighted by molar-refractivity contribution is 5.70. The van der Waals surface area contributed by atoms with Crippen LogP contribution in [-0.4, -0.2) is 167 Å². The van der Waals surface area contributed by atoms with Crippen molar-refractivity contribution < 1.29 is 61.7 Å². The number of carbonyl (C=O) groups is 4. The summed E-state index contributed by atoms with van der Waals surface area (Å²) in [5.41, 5.74) is -0.760. The number of nitrogens with one attached hydrogen (secondary N) is 1. The van der Waals surface area contributed by atoms with E-state index >= 15 is 18.0 Å². The van der Waals surface area contributed by atoms with E-state index in [9.17, 15) is 29.7 Å². The zero-order valence-electron chi connectivity index (χ0n) is 48.0. The molecule has 0 aliphatic carbocycles. The van der Waals surface area contributed by atoms with Gasteiger partial charge in [-0.15, -0.1) is 0 Å². The van der Waals surface area contributed by atoms with Gasteiger partial charge in [0.05, 0.1) is 84.7 Å². The van der Waals surface area contributed by atoms with Gasteiger partial charge >= 0.3 is 30.5 Å². The molecule has 27 heteroatoms. The second-order valence-electron chi connectivity index (χ2n) is 24.1. The summed E-state index contributed by atoms with van der Waals surface area (Å²) in [5, 5.41) is 36.5. The third-order valence-electron chi connectivity index (χ3n) is 17.6. The van der Waals surface area contributed by atoms with E-state index in [0.717, 1.165) is 5.69 Å². The molecule has 82 heavy (non-hydrogen) atoms. The number of carbonyl (C=O) groups excluding carboxylic acids is 1. The summed E-state index contributed by atoms with van der Waals surface area (Å²) >= 11 is 0. The van der Waals surface area contributed by atoms with Gasteiger partial charge in [-0.1, -0.05) is 60.5 Å². The number of hydrogen-bond acceptors (Lipinski definition) is 13. The highest BCUT2D eigenvalue weighted by Crippen LogP contribution is 2.54.